The number of aromatic nitrogens is 4. The second kappa shape index (κ2) is 12.4. The van der Waals surface area contributed by atoms with Gasteiger partial charge in [0.05, 0.1) is 23.4 Å². The Kier molecular flexibility index (Phi) is 8.09. The minimum Gasteiger partial charge on any atom is -0.477 e. The van der Waals surface area contributed by atoms with E-state index < -0.39 is 34.7 Å². The van der Waals surface area contributed by atoms with Gasteiger partial charge < -0.3 is 10.2 Å². The zero-order chi connectivity index (χ0) is 35.4. The Morgan fingerprint density at radius 1 is 0.660 bits per heavy atom. The molecule has 0 radical (unpaired) electrons. The van der Waals surface area contributed by atoms with E-state index in [0.29, 0.717) is 33.3 Å². The second-order valence-electron chi connectivity index (χ2n) is 12.7. The molecule has 2 saturated carbocycles. The van der Waals surface area contributed by atoms with Crippen LogP contribution in [0.4, 0.5) is 8.78 Å². The maximum atomic E-state index is 14.2. The normalized spacial score (nSPS) is 14.0. The number of aryl methyl sites for hydroxylation is 2. The molecule has 0 aliphatic heterocycles. The lowest BCUT2D eigenvalue weighted by Crippen LogP contribution is -2.23. The summed E-state index contributed by atoms with van der Waals surface area (Å²) in [4.78, 5) is 55.4. The van der Waals surface area contributed by atoms with Gasteiger partial charge in [-0.05, 0) is 121 Å². The van der Waals surface area contributed by atoms with Gasteiger partial charge in [0.25, 0.3) is 11.1 Å². The molecular formula is C38H30F2N4O6. The van der Waals surface area contributed by atoms with E-state index in [1.54, 1.807) is 24.3 Å². The van der Waals surface area contributed by atoms with Gasteiger partial charge in [-0.2, -0.15) is 0 Å². The summed E-state index contributed by atoms with van der Waals surface area (Å²) in [5.74, 6) is -2.86. The van der Waals surface area contributed by atoms with E-state index in [1.807, 2.05) is 13.8 Å². The van der Waals surface area contributed by atoms with Gasteiger partial charge in [-0.1, -0.05) is 0 Å². The first-order valence-electron chi connectivity index (χ1n) is 16.0. The molecular weight excluding hydrogens is 646 g/mol. The van der Waals surface area contributed by atoms with Crippen molar-refractivity contribution in [2.75, 3.05) is 0 Å². The molecule has 6 aromatic rings. The van der Waals surface area contributed by atoms with Crippen molar-refractivity contribution in [3.05, 3.63) is 139 Å². The molecule has 0 bridgehead atoms. The van der Waals surface area contributed by atoms with Crippen LogP contribution in [0.3, 0.4) is 0 Å². The Bertz CT molecular complexity index is 2340. The van der Waals surface area contributed by atoms with Crippen LogP contribution in [0.25, 0.3) is 33.3 Å². The Labute approximate surface area is 283 Å². The smallest absolute Gasteiger partial charge is 0.341 e. The average molecular weight is 677 g/mol. The number of carbonyl (C=O) groups is 2. The summed E-state index contributed by atoms with van der Waals surface area (Å²) in [5, 5.41) is 18.6. The summed E-state index contributed by atoms with van der Waals surface area (Å²) >= 11 is 0. The Morgan fingerprint density at radius 3 is 1.36 bits per heavy atom. The number of fused-ring (bicyclic) bond motifs is 2. The Hall–Kier alpha value is -6.04. The zero-order valence-electron chi connectivity index (χ0n) is 27.0. The molecule has 0 spiro atoms. The van der Waals surface area contributed by atoms with Gasteiger partial charge in [-0.15, -0.1) is 0 Å². The molecule has 2 aliphatic rings. The van der Waals surface area contributed by atoms with E-state index in [-0.39, 0.29) is 23.0 Å². The number of hydrogen-bond acceptors (Lipinski definition) is 6. The van der Waals surface area contributed by atoms with Gasteiger partial charge in [0, 0.05) is 35.9 Å². The highest BCUT2D eigenvalue weighted by Gasteiger charge is 2.31. The molecule has 0 aromatic carbocycles. The van der Waals surface area contributed by atoms with Gasteiger partial charge in [0.1, 0.15) is 22.8 Å². The Balaban J connectivity index is 0.000000157. The molecule has 6 aromatic heterocycles. The van der Waals surface area contributed by atoms with Crippen molar-refractivity contribution in [1.29, 1.82) is 0 Å². The summed E-state index contributed by atoms with van der Waals surface area (Å²) in [7, 11) is 0. The van der Waals surface area contributed by atoms with Crippen LogP contribution in [-0.4, -0.2) is 40.9 Å². The number of pyridine rings is 6. The summed E-state index contributed by atoms with van der Waals surface area (Å²) in [6.45, 7) is 3.66. The molecule has 12 heteroatoms. The number of hydrogen-bond donors (Lipinski definition) is 2. The summed E-state index contributed by atoms with van der Waals surface area (Å²) < 4.78 is 31.1. The molecule has 6 heterocycles. The molecule has 0 atom stereocenters. The van der Waals surface area contributed by atoms with Gasteiger partial charge in [0.2, 0.25) is 0 Å². The molecule has 2 fully saturated rings. The maximum Gasteiger partial charge on any atom is 0.341 e. The van der Waals surface area contributed by atoms with E-state index in [9.17, 15) is 38.2 Å². The molecule has 0 unspecified atom stereocenters. The number of halogens is 2. The fourth-order valence-corrected chi connectivity index (χ4v) is 6.68. The SMILES string of the molecule is Cc1c(-c2ccncc2F)ccn2c(=O)c(C(=O)O)cc(C3CC3)c12.Cc1c(-c2ccncc2F)ccn2c(=O)c(C(=O)O)cc(C3CC3)c12. The van der Waals surface area contributed by atoms with Crippen LogP contribution in [0.5, 0.6) is 0 Å². The summed E-state index contributed by atoms with van der Waals surface area (Å²) in [6, 6.07) is 9.44. The number of carboxylic acid groups (broad SMARTS) is 2. The third-order valence-electron chi connectivity index (χ3n) is 9.45. The first-order valence-corrected chi connectivity index (χ1v) is 16.0. The van der Waals surface area contributed by atoms with E-state index in [4.69, 9.17) is 0 Å². The van der Waals surface area contributed by atoms with Gasteiger partial charge >= 0.3 is 11.9 Å². The van der Waals surface area contributed by atoms with E-state index in [2.05, 4.69) is 9.97 Å². The highest BCUT2D eigenvalue weighted by atomic mass is 19.1. The number of carboxylic acids is 2. The maximum absolute atomic E-state index is 14.2. The number of aromatic carboxylic acids is 2. The van der Waals surface area contributed by atoms with E-state index in [0.717, 1.165) is 60.3 Å². The highest BCUT2D eigenvalue weighted by Crippen LogP contribution is 2.44. The van der Waals surface area contributed by atoms with Crippen LogP contribution < -0.4 is 11.1 Å². The van der Waals surface area contributed by atoms with Gasteiger partial charge in [0.15, 0.2) is 0 Å². The Morgan fingerprint density at radius 2 is 1.04 bits per heavy atom. The highest BCUT2D eigenvalue weighted by molar-refractivity contribution is 5.90. The fraction of sp³-hybridized carbons (Fsp3) is 0.211. The number of nitrogens with zero attached hydrogens (tertiary/aromatic N) is 4. The van der Waals surface area contributed by atoms with Crippen LogP contribution in [0.15, 0.2) is 83.2 Å². The van der Waals surface area contributed by atoms with E-state index >= 15 is 0 Å². The zero-order valence-corrected chi connectivity index (χ0v) is 27.0. The molecule has 2 N–H and O–H groups in total. The van der Waals surface area contributed by atoms with Crippen molar-refractivity contribution in [3.8, 4) is 22.3 Å². The van der Waals surface area contributed by atoms with Crippen molar-refractivity contribution in [2.24, 2.45) is 0 Å². The minimum absolute atomic E-state index is 0.235. The molecule has 2 aliphatic carbocycles. The molecule has 50 heavy (non-hydrogen) atoms. The molecule has 0 saturated heterocycles. The topological polar surface area (TPSA) is 143 Å². The molecule has 0 amide bonds. The van der Waals surface area contributed by atoms with Crippen molar-refractivity contribution in [2.45, 2.75) is 51.4 Å². The molecule has 10 nitrogen and oxygen atoms in total. The van der Waals surface area contributed by atoms with Crippen LogP contribution in [0.2, 0.25) is 0 Å². The van der Waals surface area contributed by atoms with Crippen molar-refractivity contribution >= 4 is 23.0 Å². The van der Waals surface area contributed by atoms with Crippen LogP contribution in [0, 0.1) is 25.5 Å². The second-order valence-corrected chi connectivity index (χ2v) is 12.7. The van der Waals surface area contributed by atoms with Crippen LogP contribution in [-0.2, 0) is 0 Å². The predicted octanol–water partition coefficient (Wildman–Crippen LogP) is 6.77. The average Bonchev–Trinajstić information content (AvgIpc) is 4.02. The van der Waals surface area contributed by atoms with Gasteiger partial charge in [-0.25, -0.2) is 18.4 Å². The molecule has 8 rings (SSSR count). The lowest BCUT2D eigenvalue weighted by molar-refractivity contribution is 0.0683. The van der Waals surface area contributed by atoms with E-state index in [1.165, 1.54) is 45.7 Å². The fourth-order valence-electron chi connectivity index (χ4n) is 6.68. The van der Waals surface area contributed by atoms with Gasteiger partial charge in [-0.3, -0.25) is 28.4 Å². The third kappa shape index (κ3) is 5.62. The van der Waals surface area contributed by atoms with Crippen molar-refractivity contribution in [1.82, 2.24) is 18.8 Å². The largest absolute Gasteiger partial charge is 0.477 e. The van der Waals surface area contributed by atoms with Crippen LogP contribution >= 0.6 is 0 Å². The quantitative estimate of drug-likeness (QED) is 0.197. The standard InChI is InChI=1S/2C19H15FN2O3/c2*1-10-12(13-4-6-21-9-16(13)20)5-7-22-17(10)14(11-2-3-11)8-15(18(22)23)19(24)25/h2*4-9,11H,2-3H2,1H3,(H,24,25). The molecule has 252 valence electrons. The summed E-state index contributed by atoms with van der Waals surface area (Å²) in [5.41, 5.74) is 5.07. The van der Waals surface area contributed by atoms with Crippen LogP contribution in [0.1, 0.15) is 80.5 Å². The first-order chi connectivity index (χ1) is 24.0. The predicted molar refractivity (Wildman–Crippen MR) is 181 cm³/mol. The number of rotatable bonds is 6. The first kappa shape index (κ1) is 32.5. The lowest BCUT2D eigenvalue weighted by Gasteiger charge is -2.15. The lowest BCUT2D eigenvalue weighted by atomic mass is 9.97. The summed E-state index contributed by atoms with van der Waals surface area (Å²) in [6.07, 6.45) is 12.2. The minimum atomic E-state index is -1.23. The monoisotopic (exact) mass is 676 g/mol. The van der Waals surface area contributed by atoms with Crippen molar-refractivity contribution in [3.63, 3.8) is 0 Å². The van der Waals surface area contributed by atoms with Crippen molar-refractivity contribution < 1.29 is 28.6 Å². The third-order valence-corrected chi connectivity index (χ3v) is 9.45.